The van der Waals surface area contributed by atoms with Gasteiger partial charge in [0, 0.05) is 23.5 Å². The van der Waals surface area contributed by atoms with Gasteiger partial charge < -0.3 is 20.1 Å². The van der Waals surface area contributed by atoms with Gasteiger partial charge in [-0.3, -0.25) is 0 Å². The summed E-state index contributed by atoms with van der Waals surface area (Å²) in [5, 5.41) is 29.4. The maximum absolute atomic E-state index is 11.2. The second-order valence-electron chi connectivity index (χ2n) is 6.21. The number of allylic oxidation sites excluding steroid dienone is 4. The first kappa shape index (κ1) is 24.1. The number of rotatable bonds is 11. The predicted molar refractivity (Wildman–Crippen MR) is 103 cm³/mol. The van der Waals surface area contributed by atoms with Gasteiger partial charge in [-0.25, -0.2) is 4.79 Å². The molecule has 0 saturated carbocycles. The van der Waals surface area contributed by atoms with E-state index in [9.17, 15) is 19.6 Å². The zero-order chi connectivity index (χ0) is 21.0. The summed E-state index contributed by atoms with van der Waals surface area (Å²) in [4.78, 5) is 20.3. The van der Waals surface area contributed by atoms with Crippen LogP contribution in [0.2, 0.25) is 0 Å². The van der Waals surface area contributed by atoms with E-state index in [-0.39, 0.29) is 13.0 Å². The van der Waals surface area contributed by atoms with Crippen LogP contribution in [0.15, 0.2) is 60.8 Å². The fourth-order valence-corrected chi connectivity index (χ4v) is 2.83. The first-order valence-corrected chi connectivity index (χ1v) is 9.78. The van der Waals surface area contributed by atoms with Crippen LogP contribution in [-0.2, 0) is 18.6 Å². The largest absolute Gasteiger partial charge is 0.695 e. The van der Waals surface area contributed by atoms with Gasteiger partial charge in [-0.1, -0.05) is 48.6 Å². The number of aliphatic hydroxyl groups excluding tert-OH is 2. The summed E-state index contributed by atoms with van der Waals surface area (Å²) in [5.74, 6) is -0.491. The lowest BCUT2D eigenvalue weighted by atomic mass is 9.93. The number of hydrogen-bond donors (Lipinski definition) is 4. The van der Waals surface area contributed by atoms with Gasteiger partial charge >= 0.3 is 14.2 Å². The van der Waals surface area contributed by atoms with E-state index >= 15 is 0 Å². The molecule has 1 heterocycles. The van der Waals surface area contributed by atoms with Crippen LogP contribution in [0.25, 0.3) is 0 Å². The zero-order valence-corrected chi connectivity index (χ0v) is 16.4. The van der Waals surface area contributed by atoms with Crippen molar-refractivity contribution in [3.63, 3.8) is 0 Å². The zero-order valence-electron chi connectivity index (χ0n) is 15.5. The maximum Gasteiger partial charge on any atom is 0.695 e. The van der Waals surface area contributed by atoms with E-state index in [4.69, 9.17) is 19.3 Å². The maximum atomic E-state index is 11.2. The van der Waals surface area contributed by atoms with Gasteiger partial charge in [-0.15, -0.1) is 9.42 Å². The van der Waals surface area contributed by atoms with Crippen molar-refractivity contribution in [2.24, 2.45) is 0 Å². The molecule has 0 spiro atoms. The van der Waals surface area contributed by atoms with Crippen LogP contribution in [-0.4, -0.2) is 56.7 Å². The van der Waals surface area contributed by atoms with Gasteiger partial charge in [0.2, 0.25) is 0 Å². The van der Waals surface area contributed by atoms with Gasteiger partial charge in [-0.05, 0) is 13.0 Å². The van der Waals surface area contributed by atoms with E-state index in [2.05, 4.69) is 0 Å². The minimum Gasteiger partial charge on any atom is -0.455 e. The normalized spacial score (nSPS) is 22.8. The Morgan fingerprint density at radius 1 is 1.39 bits per heavy atom. The molecular weight excluding hydrogens is 387 g/mol. The van der Waals surface area contributed by atoms with Crippen molar-refractivity contribution in [3.05, 3.63) is 60.8 Å². The summed E-state index contributed by atoms with van der Waals surface area (Å²) in [6.07, 6.45) is 12.7. The molecule has 1 rings (SSSR count). The molecule has 9 heteroatoms. The fourth-order valence-electron chi connectivity index (χ4n) is 2.32. The second kappa shape index (κ2) is 12.5. The average molecular weight is 413 g/mol. The first-order chi connectivity index (χ1) is 13.2. The molecule has 28 heavy (non-hydrogen) atoms. The Morgan fingerprint density at radius 3 is 2.75 bits per heavy atom. The quantitative estimate of drug-likeness (QED) is 0.174. The number of carbonyl (C=O) groups excluding carboxylic acids is 1. The number of aliphatic hydroxyl groups is 3. The van der Waals surface area contributed by atoms with Crippen molar-refractivity contribution in [1.82, 2.24) is 0 Å². The van der Waals surface area contributed by atoms with Crippen LogP contribution in [0.4, 0.5) is 0 Å². The molecule has 0 aromatic rings. The first-order valence-electron chi connectivity index (χ1n) is 8.65. The molecule has 0 aliphatic carbocycles. The Morgan fingerprint density at radius 2 is 2.11 bits per heavy atom. The molecule has 1 unspecified atom stereocenters. The molecule has 0 fully saturated rings. The summed E-state index contributed by atoms with van der Waals surface area (Å²) in [6.45, 7) is 1.29. The van der Waals surface area contributed by atoms with E-state index in [0.717, 1.165) is 0 Å². The van der Waals surface area contributed by atoms with Crippen LogP contribution in [0.3, 0.4) is 0 Å². The summed E-state index contributed by atoms with van der Waals surface area (Å²) in [5.41, 5.74) is -1.70. The van der Waals surface area contributed by atoms with E-state index in [1.165, 1.54) is 37.3 Å². The molecule has 0 aromatic carbocycles. The van der Waals surface area contributed by atoms with Crippen LogP contribution < -0.4 is 0 Å². The molecule has 0 aromatic heterocycles. The molecule has 0 radical (unpaired) electrons. The summed E-state index contributed by atoms with van der Waals surface area (Å²) in [6, 6.07) is 0. The van der Waals surface area contributed by atoms with Crippen molar-refractivity contribution in [2.45, 2.75) is 43.7 Å². The van der Waals surface area contributed by atoms with E-state index in [1.54, 1.807) is 30.4 Å². The Balaban J connectivity index is 2.75. The molecule has 0 saturated heterocycles. The molecule has 1 aliphatic heterocycles. The van der Waals surface area contributed by atoms with Crippen LogP contribution in [0.1, 0.15) is 19.8 Å². The van der Waals surface area contributed by atoms with Gasteiger partial charge in [0.25, 0.3) is 0 Å². The van der Waals surface area contributed by atoms with Crippen molar-refractivity contribution in [3.8, 4) is 0 Å². The lowest BCUT2D eigenvalue weighted by molar-refractivity contribution is -0.141. The fraction of sp³-hybridized carbons (Fsp3) is 0.421. The Labute approximate surface area is 164 Å². The minimum absolute atomic E-state index is 0.0754. The van der Waals surface area contributed by atoms with Crippen LogP contribution in [0, 0.1) is 0 Å². The third-order valence-electron chi connectivity index (χ3n) is 3.77. The highest BCUT2D eigenvalue weighted by atomic mass is 31.1. The lowest BCUT2D eigenvalue weighted by Crippen LogP contribution is -2.40. The number of carbonyl (C=O) groups is 1. The summed E-state index contributed by atoms with van der Waals surface area (Å²) < 4.78 is 21.1. The summed E-state index contributed by atoms with van der Waals surface area (Å²) >= 11 is 0. The lowest BCUT2D eigenvalue weighted by Gasteiger charge is -2.27. The number of cyclic esters (lactones) is 1. The van der Waals surface area contributed by atoms with Crippen molar-refractivity contribution >= 4 is 14.2 Å². The standard InChI is InChI=1S/C19H25O8P/c1-19(23,12-11-16-9-7-10-18(22)26-16)17(27-28(24)25)14-15(21)8-5-3-2-4-6-13-20/h2-8,10-12,15-17,20-21,23H,9,13-14H2,1H3/p+1/b3-2-,6-4+,8-5-,12-11+/t15-,16+,17+,19+/m0/s1. The highest BCUT2D eigenvalue weighted by Gasteiger charge is 2.38. The molecule has 0 bridgehead atoms. The molecule has 1 aliphatic rings. The van der Waals surface area contributed by atoms with Crippen molar-refractivity contribution in [2.75, 3.05) is 6.61 Å². The predicted octanol–water partition coefficient (Wildman–Crippen LogP) is 1.61. The SMILES string of the molecule is C[C@@](O)(/C=C/[C@H]1CC=CC(=O)O1)[C@@H](C[C@@H](O)\C=C/C=C\C=C\CO)O[P+](=O)O. The van der Waals surface area contributed by atoms with E-state index in [0.29, 0.717) is 6.42 Å². The molecular formula is C19H26O8P+. The number of esters is 1. The average Bonchev–Trinajstić information content (AvgIpc) is 2.62. The van der Waals surface area contributed by atoms with Crippen molar-refractivity contribution < 1.29 is 38.8 Å². The second-order valence-corrected chi connectivity index (χ2v) is 6.90. The number of ether oxygens (including phenoxy) is 1. The van der Waals surface area contributed by atoms with Gasteiger partial charge in [0.05, 0.1) is 12.7 Å². The van der Waals surface area contributed by atoms with E-state index in [1.807, 2.05) is 0 Å². The highest BCUT2D eigenvalue weighted by Crippen LogP contribution is 2.29. The van der Waals surface area contributed by atoms with Crippen molar-refractivity contribution in [1.29, 1.82) is 0 Å². The summed E-state index contributed by atoms with van der Waals surface area (Å²) in [7, 11) is -3.01. The Hall–Kier alpha value is -1.93. The van der Waals surface area contributed by atoms with Gasteiger partial charge in [0.15, 0.2) is 6.10 Å². The third kappa shape index (κ3) is 9.85. The van der Waals surface area contributed by atoms with Crippen LogP contribution >= 0.6 is 8.25 Å². The van der Waals surface area contributed by atoms with Gasteiger partial charge in [-0.2, -0.15) is 0 Å². The Kier molecular flexibility index (Phi) is 10.8. The molecule has 5 atom stereocenters. The molecule has 154 valence electrons. The van der Waals surface area contributed by atoms with E-state index < -0.39 is 38.1 Å². The molecule has 8 nitrogen and oxygen atoms in total. The Bertz CT molecular complexity index is 663. The third-order valence-corrected chi connectivity index (χ3v) is 4.21. The number of hydrogen-bond acceptors (Lipinski definition) is 7. The molecule has 0 amide bonds. The van der Waals surface area contributed by atoms with Gasteiger partial charge in [0.1, 0.15) is 11.7 Å². The topological polar surface area (TPSA) is 134 Å². The van der Waals surface area contributed by atoms with Crippen LogP contribution in [0.5, 0.6) is 0 Å². The minimum atomic E-state index is -3.01. The highest BCUT2D eigenvalue weighted by molar-refractivity contribution is 7.32. The smallest absolute Gasteiger partial charge is 0.455 e. The monoisotopic (exact) mass is 413 g/mol. The molecule has 4 N–H and O–H groups in total.